The van der Waals surface area contributed by atoms with Gasteiger partial charge in [-0.25, -0.2) is 0 Å². The van der Waals surface area contributed by atoms with Crippen LogP contribution in [0.1, 0.15) is 79.1 Å². The van der Waals surface area contributed by atoms with E-state index >= 15 is 0 Å². The number of Topliss-reactive ketones (excluding diaryl/α,β-unsaturated/α-hetero) is 1. The van der Waals surface area contributed by atoms with Gasteiger partial charge < -0.3 is 14.6 Å². The molecule has 1 heterocycles. The summed E-state index contributed by atoms with van der Waals surface area (Å²) in [4.78, 5) is 25.7. The fraction of sp³-hybridized carbons (Fsp3) is 0.905. The van der Waals surface area contributed by atoms with E-state index < -0.39 is 11.0 Å². The van der Waals surface area contributed by atoms with Crippen LogP contribution < -0.4 is 0 Å². The first kappa shape index (κ1) is 19.8. The van der Waals surface area contributed by atoms with Crippen LogP contribution in [0.4, 0.5) is 0 Å². The van der Waals surface area contributed by atoms with Gasteiger partial charge >= 0.3 is 5.97 Å². The van der Waals surface area contributed by atoms with E-state index in [1.165, 1.54) is 0 Å². The Labute approximate surface area is 156 Å². The third-order valence-electron chi connectivity index (χ3n) is 7.52. The first-order valence-corrected chi connectivity index (χ1v) is 10.2. The Hall–Kier alpha value is -0.940. The smallest absolute Gasteiger partial charge is 0.305 e. The number of carbonyl (C=O) groups is 2. The van der Waals surface area contributed by atoms with Gasteiger partial charge in [0.05, 0.1) is 17.6 Å². The SMILES string of the molecule is CCCCC(=O)OCC1(CO)CC[C@@]2(C)CCC3CC2(OC3(C)C)C1=O. The van der Waals surface area contributed by atoms with Crippen LogP contribution in [0, 0.1) is 16.7 Å². The highest BCUT2D eigenvalue weighted by atomic mass is 16.5. The Morgan fingerprint density at radius 1 is 1.27 bits per heavy atom. The second-order valence-electron chi connectivity index (χ2n) is 9.56. The molecule has 2 bridgehead atoms. The molecule has 1 N–H and O–H groups in total. The maximum Gasteiger partial charge on any atom is 0.305 e. The summed E-state index contributed by atoms with van der Waals surface area (Å²) in [5.41, 5.74) is -2.40. The maximum atomic E-state index is 13.7. The average Bonchev–Trinajstić information content (AvgIpc) is 2.85. The fourth-order valence-electron chi connectivity index (χ4n) is 5.42. The standard InChI is InChI=1S/C21H34O5/c1-5-6-7-16(23)25-14-20(13-22)11-10-19(4)9-8-15-12-21(19,17(20)24)26-18(15,2)3/h15,22H,5-14H2,1-4H3/t15?,19-,20?,21?/m1/s1. The zero-order valence-corrected chi connectivity index (χ0v) is 16.7. The number of esters is 1. The van der Waals surface area contributed by atoms with E-state index in [1.807, 2.05) is 6.92 Å². The molecule has 0 aromatic rings. The second kappa shape index (κ2) is 6.59. The molecule has 5 heteroatoms. The number of aliphatic hydroxyl groups is 1. The van der Waals surface area contributed by atoms with E-state index in [9.17, 15) is 14.7 Å². The summed E-state index contributed by atoms with van der Waals surface area (Å²) < 4.78 is 11.9. The van der Waals surface area contributed by atoms with Crippen LogP contribution in [0.5, 0.6) is 0 Å². The van der Waals surface area contributed by atoms with Crippen LogP contribution in [-0.2, 0) is 19.1 Å². The predicted octanol–water partition coefficient (Wildman–Crippen LogP) is 3.42. The third-order valence-corrected chi connectivity index (χ3v) is 7.52. The summed E-state index contributed by atoms with van der Waals surface area (Å²) in [5.74, 6) is 0.0356. The highest BCUT2D eigenvalue weighted by Crippen LogP contribution is 2.65. The minimum absolute atomic E-state index is 0.0306. The molecular weight excluding hydrogens is 332 g/mol. The lowest BCUT2D eigenvalue weighted by Gasteiger charge is -2.55. The van der Waals surface area contributed by atoms with Crippen molar-refractivity contribution >= 4 is 11.8 Å². The Kier molecular flexibility index (Phi) is 5.02. The van der Waals surface area contributed by atoms with Crippen molar-refractivity contribution in [2.45, 2.75) is 90.3 Å². The van der Waals surface area contributed by atoms with Gasteiger partial charge in [-0.15, -0.1) is 0 Å². The minimum Gasteiger partial charge on any atom is -0.465 e. The molecule has 1 spiro atoms. The number of fused-ring (bicyclic) bond motifs is 1. The number of ether oxygens (including phenoxy) is 2. The first-order chi connectivity index (χ1) is 12.1. The predicted molar refractivity (Wildman–Crippen MR) is 97.6 cm³/mol. The topological polar surface area (TPSA) is 72.8 Å². The van der Waals surface area contributed by atoms with Gasteiger partial charge in [0.15, 0.2) is 5.78 Å². The molecule has 3 fully saturated rings. The molecule has 2 saturated carbocycles. The van der Waals surface area contributed by atoms with Crippen LogP contribution in [0.2, 0.25) is 0 Å². The third kappa shape index (κ3) is 2.82. The van der Waals surface area contributed by atoms with Gasteiger partial charge in [0.2, 0.25) is 0 Å². The van der Waals surface area contributed by atoms with Gasteiger partial charge in [0.1, 0.15) is 12.2 Å². The van der Waals surface area contributed by atoms with Crippen molar-refractivity contribution in [2.75, 3.05) is 13.2 Å². The number of carbonyl (C=O) groups excluding carboxylic acids is 2. The molecule has 3 rings (SSSR count). The van der Waals surface area contributed by atoms with Gasteiger partial charge in [-0.1, -0.05) is 20.3 Å². The van der Waals surface area contributed by atoms with Gasteiger partial charge in [-0.05, 0) is 58.3 Å². The molecule has 1 saturated heterocycles. The van der Waals surface area contributed by atoms with E-state index in [0.717, 1.165) is 38.5 Å². The highest BCUT2D eigenvalue weighted by Gasteiger charge is 2.71. The Bertz CT molecular complexity index is 585. The molecule has 26 heavy (non-hydrogen) atoms. The van der Waals surface area contributed by atoms with Crippen LogP contribution in [0.25, 0.3) is 0 Å². The van der Waals surface area contributed by atoms with Crippen molar-refractivity contribution < 1.29 is 24.2 Å². The molecular formula is C21H34O5. The molecule has 0 radical (unpaired) electrons. The fourth-order valence-corrected chi connectivity index (χ4v) is 5.42. The Balaban J connectivity index is 1.84. The number of hydrogen-bond donors (Lipinski definition) is 1. The Morgan fingerprint density at radius 3 is 2.65 bits per heavy atom. The summed E-state index contributed by atoms with van der Waals surface area (Å²) in [6, 6.07) is 0. The molecule has 0 aromatic heterocycles. The number of hydrogen-bond acceptors (Lipinski definition) is 5. The van der Waals surface area contributed by atoms with Gasteiger partial charge in [-0.3, -0.25) is 9.59 Å². The zero-order valence-electron chi connectivity index (χ0n) is 16.7. The molecule has 1 aliphatic heterocycles. The maximum absolute atomic E-state index is 13.7. The lowest BCUT2D eigenvalue weighted by atomic mass is 9.50. The van der Waals surface area contributed by atoms with Crippen molar-refractivity contribution in [3.8, 4) is 0 Å². The van der Waals surface area contributed by atoms with Crippen LogP contribution in [0.15, 0.2) is 0 Å². The highest BCUT2D eigenvalue weighted by molar-refractivity contribution is 5.95. The number of rotatable bonds is 6. The zero-order chi connectivity index (χ0) is 19.2. The largest absolute Gasteiger partial charge is 0.465 e. The van der Waals surface area contributed by atoms with Crippen LogP contribution in [0.3, 0.4) is 0 Å². The summed E-state index contributed by atoms with van der Waals surface area (Å²) in [6.45, 7) is 8.01. The average molecular weight is 366 g/mol. The second-order valence-corrected chi connectivity index (χ2v) is 9.56. The summed E-state index contributed by atoms with van der Waals surface area (Å²) in [6.07, 6.45) is 6.21. The van der Waals surface area contributed by atoms with E-state index in [4.69, 9.17) is 9.47 Å². The van der Waals surface area contributed by atoms with Gasteiger partial charge in [0, 0.05) is 11.8 Å². The molecule has 3 aliphatic rings. The van der Waals surface area contributed by atoms with Gasteiger partial charge in [0.25, 0.3) is 0 Å². The van der Waals surface area contributed by atoms with Crippen molar-refractivity contribution in [1.82, 2.24) is 0 Å². The number of unbranched alkanes of at least 4 members (excludes halogenated alkanes) is 1. The lowest BCUT2D eigenvalue weighted by molar-refractivity contribution is -0.203. The van der Waals surface area contributed by atoms with Crippen molar-refractivity contribution in [1.29, 1.82) is 0 Å². The van der Waals surface area contributed by atoms with Crippen molar-refractivity contribution in [3.63, 3.8) is 0 Å². The molecule has 3 unspecified atom stereocenters. The van der Waals surface area contributed by atoms with Crippen molar-refractivity contribution in [2.24, 2.45) is 16.7 Å². The summed E-state index contributed by atoms with van der Waals surface area (Å²) >= 11 is 0. The molecule has 0 aromatic carbocycles. The van der Waals surface area contributed by atoms with Crippen molar-refractivity contribution in [3.05, 3.63) is 0 Å². The molecule has 148 valence electrons. The van der Waals surface area contributed by atoms with E-state index in [0.29, 0.717) is 18.8 Å². The van der Waals surface area contributed by atoms with Crippen LogP contribution >= 0.6 is 0 Å². The first-order valence-electron chi connectivity index (χ1n) is 10.2. The quantitative estimate of drug-likeness (QED) is 0.729. The molecule has 4 atom stereocenters. The van der Waals surface area contributed by atoms with Crippen LogP contribution in [-0.4, -0.2) is 41.3 Å². The summed E-state index contributed by atoms with van der Waals surface area (Å²) in [7, 11) is 0. The normalized spacial score (nSPS) is 41.0. The Morgan fingerprint density at radius 2 is 2.00 bits per heavy atom. The molecule has 5 nitrogen and oxygen atoms in total. The van der Waals surface area contributed by atoms with Gasteiger partial charge in [-0.2, -0.15) is 0 Å². The summed E-state index contributed by atoms with van der Waals surface area (Å²) in [5, 5.41) is 10.2. The number of ketones is 1. The lowest BCUT2D eigenvalue weighted by Crippen LogP contribution is -2.65. The van der Waals surface area contributed by atoms with E-state index in [1.54, 1.807) is 0 Å². The molecule has 0 amide bonds. The number of aliphatic hydroxyl groups excluding tert-OH is 1. The monoisotopic (exact) mass is 366 g/mol. The van der Waals surface area contributed by atoms with E-state index in [-0.39, 0.29) is 36.0 Å². The van der Waals surface area contributed by atoms with E-state index in [2.05, 4.69) is 20.8 Å². The molecule has 2 aliphatic carbocycles. The minimum atomic E-state index is -1.02.